The van der Waals surface area contributed by atoms with Gasteiger partial charge < -0.3 is 25.4 Å². The molecule has 1 aromatic carbocycles. The average molecular weight is 384 g/mol. The lowest BCUT2D eigenvalue weighted by atomic mass is 10.0. The van der Waals surface area contributed by atoms with Crippen molar-refractivity contribution in [3.05, 3.63) is 24.3 Å². The molecule has 0 aliphatic carbocycles. The van der Waals surface area contributed by atoms with Crippen LogP contribution in [0.15, 0.2) is 24.3 Å². The van der Waals surface area contributed by atoms with Crippen LogP contribution in [0.5, 0.6) is 11.5 Å². The second kappa shape index (κ2) is 9.64. The zero-order valence-corrected chi connectivity index (χ0v) is 15.5. The van der Waals surface area contributed by atoms with Crippen molar-refractivity contribution in [2.45, 2.75) is 37.8 Å². The van der Waals surface area contributed by atoms with Crippen molar-refractivity contribution in [1.29, 1.82) is 0 Å². The third-order valence-corrected chi connectivity index (χ3v) is 4.60. The molecule has 2 unspecified atom stereocenters. The van der Waals surface area contributed by atoms with Gasteiger partial charge in [0, 0.05) is 32.1 Å². The van der Waals surface area contributed by atoms with Gasteiger partial charge in [0.05, 0.1) is 0 Å². The fourth-order valence-electron chi connectivity index (χ4n) is 3.28. The molecule has 0 aromatic heterocycles. The number of halogens is 1. The van der Waals surface area contributed by atoms with Crippen molar-refractivity contribution in [1.82, 2.24) is 10.2 Å². The highest BCUT2D eigenvalue weighted by molar-refractivity contribution is 5.85. The van der Waals surface area contributed by atoms with E-state index in [9.17, 15) is 9.59 Å². The molecular weight excluding hydrogens is 358 g/mol. The Balaban J connectivity index is 0.00000243. The summed E-state index contributed by atoms with van der Waals surface area (Å²) in [5, 5.41) is 2.87. The summed E-state index contributed by atoms with van der Waals surface area (Å²) in [4.78, 5) is 26.4. The summed E-state index contributed by atoms with van der Waals surface area (Å²) in [5.41, 5.74) is 5.39. The monoisotopic (exact) mass is 383 g/mol. The van der Waals surface area contributed by atoms with Gasteiger partial charge in [-0.2, -0.15) is 0 Å². The van der Waals surface area contributed by atoms with Crippen LogP contribution in [0.25, 0.3) is 0 Å². The van der Waals surface area contributed by atoms with Crippen LogP contribution in [-0.2, 0) is 9.59 Å². The van der Waals surface area contributed by atoms with Crippen molar-refractivity contribution in [3.63, 3.8) is 0 Å². The van der Waals surface area contributed by atoms with Crippen LogP contribution in [0.3, 0.4) is 0 Å². The first-order valence-electron chi connectivity index (χ1n) is 8.85. The number of piperidine rings is 1. The summed E-state index contributed by atoms with van der Waals surface area (Å²) in [6.45, 7) is 1.66. The Bertz CT molecular complexity index is 628. The van der Waals surface area contributed by atoms with Crippen LogP contribution in [0.2, 0.25) is 0 Å². The number of hydrogen-bond acceptors (Lipinski definition) is 5. The zero-order valence-electron chi connectivity index (χ0n) is 14.7. The van der Waals surface area contributed by atoms with Gasteiger partial charge in [-0.1, -0.05) is 12.1 Å². The van der Waals surface area contributed by atoms with Crippen molar-refractivity contribution in [2.24, 2.45) is 5.73 Å². The number of carbonyl (C=O) groups is 2. The second-order valence-electron chi connectivity index (χ2n) is 6.39. The number of rotatable bonds is 5. The minimum Gasteiger partial charge on any atom is -0.485 e. The Hall–Kier alpha value is -1.99. The van der Waals surface area contributed by atoms with E-state index in [1.807, 2.05) is 23.1 Å². The molecule has 2 aliphatic rings. The number of carbonyl (C=O) groups excluding carboxylic acids is 2. The number of nitrogens with two attached hydrogens (primary N) is 1. The van der Waals surface area contributed by atoms with Gasteiger partial charge in [-0.05, 0) is 31.4 Å². The molecule has 2 amide bonds. The number of nitrogens with zero attached hydrogens (tertiary/aromatic N) is 1. The Kier molecular flexibility index (Phi) is 7.53. The molecule has 0 radical (unpaired) electrons. The van der Waals surface area contributed by atoms with E-state index in [0.29, 0.717) is 37.6 Å². The minimum atomic E-state index is -0.643. The van der Waals surface area contributed by atoms with Gasteiger partial charge in [0.1, 0.15) is 6.61 Å². The van der Waals surface area contributed by atoms with Gasteiger partial charge >= 0.3 is 0 Å². The number of amides is 2. The van der Waals surface area contributed by atoms with E-state index in [1.165, 1.54) is 0 Å². The first-order chi connectivity index (χ1) is 12.2. The molecule has 3 N–H and O–H groups in total. The number of hydrogen-bond donors (Lipinski definition) is 2. The summed E-state index contributed by atoms with van der Waals surface area (Å²) in [5.74, 6) is 1.10. The highest BCUT2D eigenvalue weighted by Gasteiger charge is 2.35. The summed E-state index contributed by atoms with van der Waals surface area (Å²) < 4.78 is 11.5. The smallest absolute Gasteiger partial charge is 0.267 e. The van der Waals surface area contributed by atoms with Crippen molar-refractivity contribution < 1.29 is 19.1 Å². The Morgan fingerprint density at radius 1 is 1.23 bits per heavy atom. The molecule has 3 rings (SSSR count). The van der Waals surface area contributed by atoms with Crippen LogP contribution in [0, 0.1) is 0 Å². The quantitative estimate of drug-likeness (QED) is 0.793. The Morgan fingerprint density at radius 3 is 2.77 bits per heavy atom. The first-order valence-corrected chi connectivity index (χ1v) is 8.85. The fraction of sp³-hybridized carbons (Fsp3) is 0.556. The summed E-state index contributed by atoms with van der Waals surface area (Å²) >= 11 is 0. The molecule has 1 fully saturated rings. The summed E-state index contributed by atoms with van der Waals surface area (Å²) in [6.07, 6.45) is 2.54. The predicted octanol–water partition coefficient (Wildman–Crippen LogP) is 1.09. The molecule has 7 nitrogen and oxygen atoms in total. The number of ether oxygens (including phenoxy) is 2. The van der Waals surface area contributed by atoms with E-state index in [1.54, 1.807) is 6.07 Å². The van der Waals surface area contributed by atoms with Gasteiger partial charge in [-0.3, -0.25) is 9.59 Å². The number of benzene rings is 1. The molecule has 0 saturated carbocycles. The van der Waals surface area contributed by atoms with E-state index in [0.717, 1.165) is 19.3 Å². The molecule has 0 spiro atoms. The maximum Gasteiger partial charge on any atom is 0.267 e. The molecule has 8 heteroatoms. The molecule has 144 valence electrons. The van der Waals surface area contributed by atoms with Gasteiger partial charge in [-0.15, -0.1) is 12.4 Å². The predicted molar refractivity (Wildman–Crippen MR) is 99.6 cm³/mol. The average Bonchev–Trinajstić information content (AvgIpc) is 2.66. The Morgan fingerprint density at radius 2 is 2.00 bits per heavy atom. The standard InChI is InChI=1S/C18H25N3O4.ClH/c19-9-8-17(22)20-11-13-5-3-4-10-21(13)18(23)16-12-24-14-6-1-2-7-15(14)25-16;/h1-2,6-7,13,16H,3-5,8-12,19H2,(H,20,22);1H. The van der Waals surface area contributed by atoms with Gasteiger partial charge in [0.15, 0.2) is 11.5 Å². The molecule has 1 aromatic rings. The lowest BCUT2D eigenvalue weighted by molar-refractivity contribution is -0.145. The topological polar surface area (TPSA) is 93.9 Å². The van der Waals surface area contributed by atoms with E-state index in [2.05, 4.69) is 5.32 Å². The van der Waals surface area contributed by atoms with Gasteiger partial charge in [0.25, 0.3) is 5.91 Å². The molecular formula is C18H26ClN3O4. The first kappa shape index (κ1) is 20.3. The van der Waals surface area contributed by atoms with Crippen LogP contribution < -0.4 is 20.5 Å². The van der Waals surface area contributed by atoms with Crippen LogP contribution >= 0.6 is 12.4 Å². The summed E-state index contributed by atoms with van der Waals surface area (Å²) in [7, 11) is 0. The summed E-state index contributed by atoms with van der Waals surface area (Å²) in [6, 6.07) is 7.34. The lowest BCUT2D eigenvalue weighted by Crippen LogP contribution is -2.55. The van der Waals surface area contributed by atoms with Crippen LogP contribution in [0.1, 0.15) is 25.7 Å². The van der Waals surface area contributed by atoms with Crippen LogP contribution in [-0.4, -0.2) is 55.1 Å². The van der Waals surface area contributed by atoms with E-state index < -0.39 is 6.10 Å². The second-order valence-corrected chi connectivity index (χ2v) is 6.39. The molecule has 2 aliphatic heterocycles. The third kappa shape index (κ3) is 4.80. The molecule has 1 saturated heterocycles. The molecule has 2 atom stereocenters. The number of likely N-dealkylation sites (tertiary alicyclic amines) is 1. The van der Waals surface area contributed by atoms with E-state index in [4.69, 9.17) is 15.2 Å². The highest BCUT2D eigenvalue weighted by atomic mass is 35.5. The fourth-order valence-corrected chi connectivity index (χ4v) is 3.28. The molecule has 0 bridgehead atoms. The molecule has 2 heterocycles. The normalized spacial score (nSPS) is 21.5. The lowest BCUT2D eigenvalue weighted by Gasteiger charge is -2.38. The zero-order chi connectivity index (χ0) is 17.6. The van der Waals surface area contributed by atoms with Crippen molar-refractivity contribution >= 4 is 24.2 Å². The third-order valence-electron chi connectivity index (χ3n) is 4.60. The maximum absolute atomic E-state index is 12.9. The minimum absolute atomic E-state index is 0. The van der Waals surface area contributed by atoms with Crippen LogP contribution in [0.4, 0.5) is 0 Å². The number of fused-ring (bicyclic) bond motifs is 1. The van der Waals surface area contributed by atoms with E-state index >= 15 is 0 Å². The van der Waals surface area contributed by atoms with Gasteiger partial charge in [0.2, 0.25) is 12.0 Å². The molecule has 26 heavy (non-hydrogen) atoms. The SMILES string of the molecule is Cl.NCCC(=O)NCC1CCCCN1C(=O)C1COc2ccccc2O1. The van der Waals surface area contributed by atoms with Gasteiger partial charge in [-0.25, -0.2) is 0 Å². The number of para-hydroxylation sites is 2. The Labute approximate surface area is 159 Å². The van der Waals surface area contributed by atoms with E-state index in [-0.39, 0.29) is 36.9 Å². The largest absolute Gasteiger partial charge is 0.485 e. The van der Waals surface area contributed by atoms with Crippen molar-refractivity contribution in [2.75, 3.05) is 26.2 Å². The maximum atomic E-state index is 12.9. The number of nitrogens with one attached hydrogen (secondary N) is 1. The highest BCUT2D eigenvalue weighted by Crippen LogP contribution is 2.31. The van der Waals surface area contributed by atoms with Crippen molar-refractivity contribution in [3.8, 4) is 11.5 Å².